The van der Waals surface area contributed by atoms with Crippen molar-refractivity contribution in [3.63, 3.8) is 0 Å². The number of halogens is 1. The van der Waals surface area contributed by atoms with Crippen molar-refractivity contribution in [2.24, 2.45) is 0 Å². The van der Waals surface area contributed by atoms with Gasteiger partial charge in [0.25, 0.3) is 5.91 Å². The van der Waals surface area contributed by atoms with Crippen molar-refractivity contribution >= 4 is 17.5 Å². The highest BCUT2D eigenvalue weighted by atomic mass is 35.5. The predicted molar refractivity (Wildman–Crippen MR) is 54.4 cm³/mol. The first-order valence-electron chi connectivity index (χ1n) is 5.31. The normalized spacial score (nSPS) is 26.5. The zero-order valence-corrected chi connectivity index (χ0v) is 9.00. The number of ether oxygens (including phenoxy) is 1. The van der Waals surface area contributed by atoms with Crippen molar-refractivity contribution in [1.29, 1.82) is 0 Å². The molecule has 2 fully saturated rings. The Kier molecular flexibility index (Phi) is 3.29. The molecule has 1 aliphatic heterocycles. The summed E-state index contributed by atoms with van der Waals surface area (Å²) in [7, 11) is 0. The van der Waals surface area contributed by atoms with Crippen LogP contribution in [0.2, 0.25) is 0 Å². The van der Waals surface area contributed by atoms with Crippen molar-refractivity contribution in [2.75, 3.05) is 19.0 Å². The molecule has 2 aliphatic rings. The first kappa shape index (κ1) is 10.2. The van der Waals surface area contributed by atoms with E-state index >= 15 is 0 Å². The maximum atomic E-state index is 12.0. The van der Waals surface area contributed by atoms with Crippen LogP contribution in [-0.2, 0) is 9.53 Å². The average molecular weight is 218 g/mol. The molecule has 1 amide bonds. The summed E-state index contributed by atoms with van der Waals surface area (Å²) in [5, 5.41) is 0. The standard InChI is InChI=1S/C10H16ClNO2/c11-5-6-12(8-3-4-8)10(13)9-2-1-7-14-9/h8-9H,1-7H2. The summed E-state index contributed by atoms with van der Waals surface area (Å²) in [6.07, 6.45) is 3.98. The molecule has 3 nitrogen and oxygen atoms in total. The molecule has 1 atom stereocenters. The SMILES string of the molecule is O=C(C1CCCO1)N(CCCl)C1CC1. The molecule has 1 heterocycles. The van der Waals surface area contributed by atoms with E-state index in [1.165, 1.54) is 0 Å². The Balaban J connectivity index is 1.91. The van der Waals surface area contributed by atoms with E-state index in [1.54, 1.807) is 0 Å². The summed E-state index contributed by atoms with van der Waals surface area (Å²) in [5.41, 5.74) is 0. The monoisotopic (exact) mass is 217 g/mol. The first-order valence-corrected chi connectivity index (χ1v) is 5.84. The van der Waals surface area contributed by atoms with Gasteiger partial charge < -0.3 is 9.64 Å². The second-order valence-corrected chi connectivity index (χ2v) is 4.33. The van der Waals surface area contributed by atoms with Gasteiger partial charge in [-0.3, -0.25) is 4.79 Å². The highest BCUT2D eigenvalue weighted by molar-refractivity contribution is 6.18. The number of amides is 1. The maximum Gasteiger partial charge on any atom is 0.251 e. The molecule has 1 unspecified atom stereocenters. The highest BCUT2D eigenvalue weighted by Crippen LogP contribution is 2.28. The Bertz CT molecular complexity index is 212. The third-order valence-corrected chi connectivity index (χ3v) is 2.97. The van der Waals surface area contributed by atoms with E-state index in [0.717, 1.165) is 32.3 Å². The zero-order chi connectivity index (χ0) is 9.97. The molecular formula is C10H16ClNO2. The molecule has 0 spiro atoms. The second-order valence-electron chi connectivity index (χ2n) is 3.95. The number of hydrogen-bond acceptors (Lipinski definition) is 2. The molecule has 14 heavy (non-hydrogen) atoms. The number of carbonyl (C=O) groups excluding carboxylic acids is 1. The van der Waals surface area contributed by atoms with Crippen LogP contribution in [0, 0.1) is 0 Å². The minimum absolute atomic E-state index is 0.158. The Morgan fingerprint density at radius 1 is 1.43 bits per heavy atom. The fourth-order valence-corrected chi connectivity index (χ4v) is 2.09. The van der Waals surface area contributed by atoms with Crippen molar-refractivity contribution < 1.29 is 9.53 Å². The quantitative estimate of drug-likeness (QED) is 0.667. The Hall–Kier alpha value is -0.280. The maximum absolute atomic E-state index is 12.0. The Morgan fingerprint density at radius 3 is 2.71 bits per heavy atom. The molecule has 0 N–H and O–H groups in total. The number of alkyl halides is 1. The molecule has 0 aromatic heterocycles. The van der Waals surface area contributed by atoms with Gasteiger partial charge in [0.2, 0.25) is 0 Å². The van der Waals surface area contributed by atoms with Gasteiger partial charge >= 0.3 is 0 Å². The van der Waals surface area contributed by atoms with E-state index in [0.29, 0.717) is 18.5 Å². The Labute approximate surface area is 89.4 Å². The van der Waals surface area contributed by atoms with Crippen molar-refractivity contribution in [2.45, 2.75) is 37.8 Å². The summed E-state index contributed by atoms with van der Waals surface area (Å²) < 4.78 is 5.39. The van der Waals surface area contributed by atoms with Crippen molar-refractivity contribution in [3.05, 3.63) is 0 Å². The van der Waals surface area contributed by atoms with E-state index in [2.05, 4.69) is 0 Å². The first-order chi connectivity index (χ1) is 6.83. The zero-order valence-electron chi connectivity index (χ0n) is 8.25. The smallest absolute Gasteiger partial charge is 0.251 e. The van der Waals surface area contributed by atoms with Gasteiger partial charge in [-0.1, -0.05) is 0 Å². The topological polar surface area (TPSA) is 29.5 Å². The largest absolute Gasteiger partial charge is 0.368 e. The lowest BCUT2D eigenvalue weighted by Gasteiger charge is -2.24. The summed E-state index contributed by atoms with van der Waals surface area (Å²) >= 11 is 5.68. The highest BCUT2D eigenvalue weighted by Gasteiger charge is 2.36. The Morgan fingerprint density at radius 2 is 2.21 bits per heavy atom. The van der Waals surface area contributed by atoms with Crippen LogP contribution in [0.5, 0.6) is 0 Å². The second kappa shape index (κ2) is 4.49. The summed E-state index contributed by atoms with van der Waals surface area (Å²) in [6.45, 7) is 1.40. The number of carbonyl (C=O) groups is 1. The molecule has 4 heteroatoms. The predicted octanol–water partition coefficient (Wildman–Crippen LogP) is 1.40. The van der Waals surface area contributed by atoms with Crippen LogP contribution < -0.4 is 0 Å². The van der Waals surface area contributed by atoms with Gasteiger partial charge in [-0.15, -0.1) is 11.6 Å². The lowest BCUT2D eigenvalue weighted by atomic mass is 10.2. The molecule has 2 rings (SSSR count). The van der Waals surface area contributed by atoms with Gasteiger partial charge in [0.05, 0.1) is 0 Å². The minimum atomic E-state index is -0.182. The molecule has 0 aromatic rings. The lowest BCUT2D eigenvalue weighted by molar-refractivity contribution is -0.141. The van der Waals surface area contributed by atoms with Gasteiger partial charge in [-0.05, 0) is 25.7 Å². The minimum Gasteiger partial charge on any atom is -0.368 e. The van der Waals surface area contributed by atoms with Gasteiger partial charge in [0.15, 0.2) is 0 Å². The average Bonchev–Trinajstić information content (AvgIpc) is 2.88. The lowest BCUT2D eigenvalue weighted by Crippen LogP contribution is -2.41. The fourth-order valence-electron chi connectivity index (χ4n) is 1.91. The van der Waals surface area contributed by atoms with E-state index in [4.69, 9.17) is 16.3 Å². The number of hydrogen-bond donors (Lipinski definition) is 0. The molecule has 0 aromatic carbocycles. The molecule has 1 saturated heterocycles. The van der Waals surface area contributed by atoms with E-state index in [9.17, 15) is 4.79 Å². The summed E-state index contributed by atoms with van der Waals surface area (Å²) in [4.78, 5) is 13.9. The van der Waals surface area contributed by atoms with Gasteiger partial charge in [0, 0.05) is 25.1 Å². The fraction of sp³-hybridized carbons (Fsp3) is 0.900. The third-order valence-electron chi connectivity index (χ3n) is 2.80. The van der Waals surface area contributed by atoms with E-state index in [1.807, 2.05) is 4.90 Å². The van der Waals surface area contributed by atoms with Crippen LogP contribution in [0.25, 0.3) is 0 Å². The van der Waals surface area contributed by atoms with Crippen LogP contribution >= 0.6 is 11.6 Å². The summed E-state index contributed by atoms with van der Waals surface area (Å²) in [5.74, 6) is 0.681. The van der Waals surface area contributed by atoms with Gasteiger partial charge in [-0.25, -0.2) is 0 Å². The molecule has 0 radical (unpaired) electrons. The molecule has 80 valence electrons. The number of nitrogens with zero attached hydrogens (tertiary/aromatic N) is 1. The van der Waals surface area contributed by atoms with Crippen molar-refractivity contribution in [1.82, 2.24) is 4.90 Å². The molecule has 1 saturated carbocycles. The van der Waals surface area contributed by atoms with Crippen molar-refractivity contribution in [3.8, 4) is 0 Å². The van der Waals surface area contributed by atoms with Crippen LogP contribution in [0.1, 0.15) is 25.7 Å². The van der Waals surface area contributed by atoms with Crippen LogP contribution in [0.3, 0.4) is 0 Å². The summed E-state index contributed by atoms with van der Waals surface area (Å²) in [6, 6.07) is 0.449. The molecule has 0 bridgehead atoms. The van der Waals surface area contributed by atoms with Crippen LogP contribution in [0.4, 0.5) is 0 Å². The van der Waals surface area contributed by atoms with Crippen LogP contribution in [0.15, 0.2) is 0 Å². The van der Waals surface area contributed by atoms with E-state index < -0.39 is 0 Å². The van der Waals surface area contributed by atoms with Gasteiger partial charge in [-0.2, -0.15) is 0 Å². The molecule has 1 aliphatic carbocycles. The number of rotatable bonds is 4. The molecular weight excluding hydrogens is 202 g/mol. The van der Waals surface area contributed by atoms with E-state index in [-0.39, 0.29) is 12.0 Å². The van der Waals surface area contributed by atoms with Crippen LogP contribution in [-0.4, -0.2) is 42.0 Å². The van der Waals surface area contributed by atoms with Gasteiger partial charge in [0.1, 0.15) is 6.10 Å². The third kappa shape index (κ3) is 2.20.